The normalized spacial score (nSPS) is 14.6. The monoisotopic (exact) mass is 1050 g/mol. The molecule has 0 aromatic heterocycles. The summed E-state index contributed by atoms with van der Waals surface area (Å²) in [6.45, 7) is 4.05. The Hall–Kier alpha value is -4.90. The third kappa shape index (κ3) is 52.0. The van der Waals surface area contributed by atoms with Gasteiger partial charge in [-0.05, 0) is 109 Å². The lowest BCUT2D eigenvalue weighted by molar-refractivity contribution is -0.160. The maximum atomic E-state index is 12.9. The summed E-state index contributed by atoms with van der Waals surface area (Å²) in [5, 5.41) is 9.77. The summed E-state index contributed by atoms with van der Waals surface area (Å²) in [5.74, 6) is -1.75. The predicted molar refractivity (Wildman–Crippen MR) is 306 cm³/mol. The first-order chi connectivity index (χ1) is 36.2. The second-order valence-corrected chi connectivity index (χ2v) is 18.7. The van der Waals surface area contributed by atoms with Crippen LogP contribution in [0, 0.1) is 0 Å². The minimum Gasteiger partial charge on any atom is -0.462 e. The molecule has 0 radical (unpaired) electrons. The minimum absolute atomic E-state index is 0.0389. The lowest BCUT2D eigenvalue weighted by atomic mass is 10.1. The first-order valence-electron chi connectivity index (χ1n) is 27.4. The Bertz CT molecular complexity index is 1840. The highest BCUT2D eigenvalue weighted by Crippen LogP contribution is 2.43. The molecule has 0 amide bonds. The Morgan fingerprint density at radius 2 is 0.743 bits per heavy atom. The van der Waals surface area contributed by atoms with Gasteiger partial charge in [0.2, 0.25) is 0 Å². The molecule has 3 unspecified atom stereocenters. The Kier molecular flexibility index (Phi) is 50.8. The van der Waals surface area contributed by atoms with Crippen LogP contribution in [0.1, 0.15) is 175 Å². The molecule has 0 bridgehead atoms. The Morgan fingerprint density at radius 3 is 1.18 bits per heavy atom. The summed E-state index contributed by atoms with van der Waals surface area (Å²) in [6.07, 6.45) is 71.1. The fraction of sp³-hybridized carbons (Fsp3) is 0.532. The smallest absolute Gasteiger partial charge is 0.462 e. The number of allylic oxidation sites excluding steroid dienone is 25. The number of ether oxygens (including phenoxy) is 3. The molecule has 12 heteroatoms. The molecule has 0 spiro atoms. The maximum Gasteiger partial charge on any atom is 0.472 e. The fourth-order valence-corrected chi connectivity index (χ4v) is 7.22. The highest BCUT2D eigenvalue weighted by molar-refractivity contribution is 7.47. The van der Waals surface area contributed by atoms with Crippen molar-refractivity contribution in [3.8, 4) is 0 Å². The first kappa shape index (κ1) is 69.1. The van der Waals surface area contributed by atoms with Crippen LogP contribution in [0.25, 0.3) is 0 Å². The summed E-state index contributed by atoms with van der Waals surface area (Å²) >= 11 is 0. The predicted octanol–water partition coefficient (Wildman–Crippen LogP) is 16.1. The molecule has 11 nitrogen and oxygen atoms in total. The van der Waals surface area contributed by atoms with E-state index in [1.54, 1.807) is 6.08 Å². The van der Waals surface area contributed by atoms with E-state index in [4.69, 9.17) is 23.3 Å². The molecule has 0 aliphatic carbocycles. The standard InChI is InChI=1S/C62H95O11P/c1-4-7-10-13-16-19-22-25-27-28-29-30-32-34-36-39-42-45-48-51-60(64)69-55-59(73-62(66)53-50-47-44-41-38-35-31-26-23-20-17-14-11-8-5-2)57-71-74(67,68)70-56-58(54-63)72-61(65)52-49-46-43-40-37-33-24-21-18-15-12-9-6-3/h7-12,16-21,25-27,29-31,33,37-38,41,43,46-47,50,58-59,63H,4-6,13-15,22-24,28,32,34-36,39-40,42,44-45,48-49,51-57H2,1-3H3,(H,67,68)/b10-7-,11-8-,12-9-,19-16-,20-17-,21-18-,27-25-,30-29-,31-26-,37-33-,41-38-,46-43-,50-47-. The van der Waals surface area contributed by atoms with E-state index in [1.807, 2.05) is 36.5 Å². The molecule has 0 aliphatic rings. The van der Waals surface area contributed by atoms with Crippen molar-refractivity contribution in [2.24, 2.45) is 0 Å². The SMILES string of the molecule is CC/C=C\C/C=C\C/C=C\C/C=C\C/C=C\CC(=O)OC(COC(=O)CCCCCCCC/C=C\C/C=C\C/C=C\C/C=C\CC)COP(=O)(O)OCC(CO)OC(=O)CC/C=C\C/C=C\C/C=C\C/C=C\CC. The van der Waals surface area contributed by atoms with Crippen LogP contribution < -0.4 is 0 Å². The number of phosphoric ester groups is 1. The third-order valence-corrected chi connectivity index (χ3v) is 11.4. The van der Waals surface area contributed by atoms with Crippen LogP contribution in [-0.2, 0) is 42.2 Å². The van der Waals surface area contributed by atoms with Crippen molar-refractivity contribution >= 4 is 25.7 Å². The van der Waals surface area contributed by atoms with E-state index >= 15 is 0 Å². The Balaban J connectivity index is 4.94. The van der Waals surface area contributed by atoms with Gasteiger partial charge < -0.3 is 24.2 Å². The van der Waals surface area contributed by atoms with Gasteiger partial charge in [-0.2, -0.15) is 0 Å². The minimum atomic E-state index is -4.80. The summed E-state index contributed by atoms with van der Waals surface area (Å²) in [7, 11) is -4.80. The van der Waals surface area contributed by atoms with Gasteiger partial charge in [-0.1, -0.05) is 204 Å². The number of aliphatic hydroxyl groups is 1. The van der Waals surface area contributed by atoms with Crippen LogP contribution in [-0.4, -0.2) is 66.5 Å². The van der Waals surface area contributed by atoms with E-state index < -0.39 is 64.4 Å². The van der Waals surface area contributed by atoms with Gasteiger partial charge in [0, 0.05) is 12.8 Å². The Morgan fingerprint density at radius 1 is 0.392 bits per heavy atom. The maximum absolute atomic E-state index is 12.9. The molecule has 414 valence electrons. The van der Waals surface area contributed by atoms with Crippen molar-refractivity contribution in [1.29, 1.82) is 0 Å². The molecule has 0 rings (SSSR count). The van der Waals surface area contributed by atoms with Crippen LogP contribution in [0.2, 0.25) is 0 Å². The van der Waals surface area contributed by atoms with Gasteiger partial charge in [0.05, 0.1) is 26.2 Å². The second kappa shape index (κ2) is 54.4. The molecule has 3 atom stereocenters. The van der Waals surface area contributed by atoms with Crippen molar-refractivity contribution in [1.82, 2.24) is 0 Å². The number of rotatable bonds is 48. The van der Waals surface area contributed by atoms with Gasteiger partial charge in [-0.15, -0.1) is 0 Å². The van der Waals surface area contributed by atoms with E-state index in [2.05, 4.69) is 136 Å². The summed E-state index contributed by atoms with van der Waals surface area (Å²) < 4.78 is 39.2. The number of aliphatic hydroxyl groups excluding tert-OH is 1. The number of hydrogen-bond donors (Lipinski definition) is 2. The van der Waals surface area contributed by atoms with Gasteiger partial charge in [-0.3, -0.25) is 23.4 Å². The van der Waals surface area contributed by atoms with Crippen molar-refractivity contribution in [2.45, 2.75) is 187 Å². The number of unbranched alkanes of at least 4 members (excludes halogenated alkanes) is 6. The molecule has 2 N–H and O–H groups in total. The van der Waals surface area contributed by atoms with Crippen molar-refractivity contribution in [3.63, 3.8) is 0 Å². The lowest BCUT2D eigenvalue weighted by Gasteiger charge is -2.21. The molecule has 0 saturated heterocycles. The van der Waals surface area contributed by atoms with Crippen molar-refractivity contribution in [2.75, 3.05) is 26.4 Å². The zero-order valence-corrected chi connectivity index (χ0v) is 46.4. The third-order valence-electron chi connectivity index (χ3n) is 10.5. The lowest BCUT2D eigenvalue weighted by Crippen LogP contribution is -2.30. The van der Waals surface area contributed by atoms with Gasteiger partial charge in [-0.25, -0.2) is 4.57 Å². The second-order valence-electron chi connectivity index (χ2n) is 17.3. The number of carbonyl (C=O) groups is 3. The van der Waals surface area contributed by atoms with Crippen molar-refractivity contribution < 1.29 is 52.2 Å². The van der Waals surface area contributed by atoms with E-state index in [1.165, 1.54) is 0 Å². The highest BCUT2D eigenvalue weighted by atomic mass is 31.2. The van der Waals surface area contributed by atoms with Gasteiger partial charge in [0.25, 0.3) is 0 Å². The van der Waals surface area contributed by atoms with E-state index in [0.29, 0.717) is 19.3 Å². The number of hydrogen-bond acceptors (Lipinski definition) is 10. The number of phosphoric acid groups is 1. The Labute approximate surface area is 447 Å². The van der Waals surface area contributed by atoms with Gasteiger partial charge >= 0.3 is 25.7 Å². The van der Waals surface area contributed by atoms with Crippen LogP contribution in [0.5, 0.6) is 0 Å². The average molecular weight is 1050 g/mol. The molecule has 0 fully saturated rings. The quantitative estimate of drug-likeness (QED) is 0.0197. The molecule has 0 heterocycles. The largest absolute Gasteiger partial charge is 0.472 e. The van der Waals surface area contributed by atoms with Crippen LogP contribution >= 0.6 is 7.82 Å². The zero-order valence-electron chi connectivity index (χ0n) is 45.5. The molecule has 0 aromatic rings. The van der Waals surface area contributed by atoms with E-state index in [0.717, 1.165) is 116 Å². The molecule has 74 heavy (non-hydrogen) atoms. The molecular weight excluding hydrogens is 952 g/mol. The molecule has 0 aliphatic heterocycles. The fourth-order valence-electron chi connectivity index (χ4n) is 6.43. The molecule has 0 aromatic carbocycles. The van der Waals surface area contributed by atoms with Gasteiger partial charge in [0.15, 0.2) is 6.10 Å². The summed E-state index contributed by atoms with van der Waals surface area (Å²) in [6, 6.07) is 0. The zero-order chi connectivity index (χ0) is 54.1. The van der Waals surface area contributed by atoms with E-state index in [-0.39, 0.29) is 19.3 Å². The summed E-state index contributed by atoms with van der Waals surface area (Å²) in [5.41, 5.74) is 0. The highest BCUT2D eigenvalue weighted by Gasteiger charge is 2.28. The first-order valence-corrected chi connectivity index (χ1v) is 28.9. The number of esters is 3. The topological polar surface area (TPSA) is 155 Å². The van der Waals surface area contributed by atoms with Crippen LogP contribution in [0.15, 0.2) is 158 Å². The average Bonchev–Trinajstić information content (AvgIpc) is 3.39. The van der Waals surface area contributed by atoms with Crippen LogP contribution in [0.3, 0.4) is 0 Å². The summed E-state index contributed by atoms with van der Waals surface area (Å²) in [4.78, 5) is 48.4. The van der Waals surface area contributed by atoms with E-state index in [9.17, 15) is 28.9 Å². The van der Waals surface area contributed by atoms with Gasteiger partial charge in [0.1, 0.15) is 12.7 Å². The number of carbonyl (C=O) groups excluding carboxylic acids is 3. The van der Waals surface area contributed by atoms with Crippen molar-refractivity contribution in [3.05, 3.63) is 158 Å². The molecular formula is C62H95O11P. The molecule has 0 saturated carbocycles. The van der Waals surface area contributed by atoms with Crippen LogP contribution in [0.4, 0.5) is 0 Å².